The largest absolute Gasteiger partial charge is 0.416 e. The average molecular weight is 509 g/mol. The van der Waals surface area contributed by atoms with Crippen LogP contribution in [-0.2, 0) is 20.5 Å². The van der Waals surface area contributed by atoms with E-state index >= 15 is 0 Å². The highest BCUT2D eigenvalue weighted by Crippen LogP contribution is 2.38. The second-order valence-electron chi connectivity index (χ2n) is 9.61. The number of nitrogens with one attached hydrogen (secondary N) is 2. The molecule has 196 valence electrons. The Bertz CT molecular complexity index is 1050. The van der Waals surface area contributed by atoms with Crippen molar-refractivity contribution in [1.82, 2.24) is 20.4 Å². The first-order valence-corrected chi connectivity index (χ1v) is 12.2. The topological polar surface area (TPSA) is 91.0 Å². The number of likely N-dealkylation sites (N-methyl/N-ethyl adjacent to an activating group) is 1. The number of carbonyl (C=O) groups excluding carboxylic acids is 3. The summed E-state index contributed by atoms with van der Waals surface area (Å²) in [6.07, 6.45) is -2.75. The third-order valence-corrected chi connectivity index (χ3v) is 6.90. The summed E-state index contributed by atoms with van der Waals surface area (Å²) in [6, 6.07) is 2.25. The maximum Gasteiger partial charge on any atom is 0.416 e. The molecular formula is C25H31F3N4O4. The Morgan fingerprint density at radius 1 is 1.22 bits per heavy atom. The standard InChI is InChI=1S/C25H31F3N4O4/c1-4-31-18-13-32(21(14(2)3)22(33)29-12-17-6-5-11-36-17)23(34)19(18)20(30-24(31)35)15-7-9-16(10-8-15)25(26,27)28/h7-10,14,17,20-21H,4-6,11-13H2,1-3H3,(H,29,33)(H,30,35). The zero-order valence-corrected chi connectivity index (χ0v) is 20.5. The van der Waals surface area contributed by atoms with Gasteiger partial charge in [0, 0.05) is 19.7 Å². The van der Waals surface area contributed by atoms with Crippen LogP contribution in [0.5, 0.6) is 0 Å². The lowest BCUT2D eigenvalue weighted by Crippen LogP contribution is -2.52. The Hall–Kier alpha value is -3.08. The summed E-state index contributed by atoms with van der Waals surface area (Å²) >= 11 is 0. The number of benzene rings is 1. The normalized spacial score (nSPS) is 23.3. The van der Waals surface area contributed by atoms with Crippen LogP contribution in [0.25, 0.3) is 0 Å². The molecule has 4 rings (SSSR count). The number of carbonyl (C=O) groups is 3. The number of ether oxygens (including phenoxy) is 1. The zero-order chi connectivity index (χ0) is 26.2. The molecule has 0 saturated carbocycles. The van der Waals surface area contributed by atoms with Crippen LogP contribution in [0.4, 0.5) is 18.0 Å². The fourth-order valence-corrected chi connectivity index (χ4v) is 5.12. The van der Waals surface area contributed by atoms with Crippen LogP contribution in [0.3, 0.4) is 0 Å². The third kappa shape index (κ3) is 4.93. The fraction of sp³-hybridized carbons (Fsp3) is 0.560. The molecule has 36 heavy (non-hydrogen) atoms. The van der Waals surface area contributed by atoms with Gasteiger partial charge in [0.25, 0.3) is 5.91 Å². The van der Waals surface area contributed by atoms with Gasteiger partial charge in [-0.2, -0.15) is 13.2 Å². The third-order valence-electron chi connectivity index (χ3n) is 6.90. The van der Waals surface area contributed by atoms with E-state index in [0.717, 1.165) is 25.0 Å². The Morgan fingerprint density at radius 3 is 2.47 bits per heavy atom. The molecule has 0 bridgehead atoms. The van der Waals surface area contributed by atoms with Crippen molar-refractivity contribution in [1.29, 1.82) is 0 Å². The van der Waals surface area contributed by atoms with Gasteiger partial charge in [-0.3, -0.25) is 14.5 Å². The first-order valence-electron chi connectivity index (χ1n) is 12.2. The van der Waals surface area contributed by atoms with Gasteiger partial charge in [-0.25, -0.2) is 4.79 Å². The number of alkyl halides is 3. The van der Waals surface area contributed by atoms with E-state index in [9.17, 15) is 27.6 Å². The Balaban J connectivity index is 1.62. The Morgan fingerprint density at radius 2 is 1.92 bits per heavy atom. The van der Waals surface area contributed by atoms with E-state index in [-0.39, 0.29) is 30.0 Å². The van der Waals surface area contributed by atoms with E-state index in [1.807, 2.05) is 13.8 Å². The zero-order valence-electron chi connectivity index (χ0n) is 20.5. The van der Waals surface area contributed by atoms with Gasteiger partial charge in [0.05, 0.1) is 35.5 Å². The van der Waals surface area contributed by atoms with Crippen LogP contribution >= 0.6 is 0 Å². The van der Waals surface area contributed by atoms with Gasteiger partial charge in [-0.15, -0.1) is 0 Å². The second kappa shape index (κ2) is 10.1. The van der Waals surface area contributed by atoms with Crippen molar-refractivity contribution in [3.05, 3.63) is 46.7 Å². The van der Waals surface area contributed by atoms with Crippen LogP contribution in [0.15, 0.2) is 35.5 Å². The van der Waals surface area contributed by atoms with Gasteiger partial charge < -0.3 is 20.3 Å². The maximum absolute atomic E-state index is 13.7. The van der Waals surface area contributed by atoms with Crippen molar-refractivity contribution >= 4 is 17.8 Å². The fourth-order valence-electron chi connectivity index (χ4n) is 5.12. The van der Waals surface area contributed by atoms with Gasteiger partial charge in [0.2, 0.25) is 5.91 Å². The molecule has 3 heterocycles. The molecule has 1 saturated heterocycles. The minimum absolute atomic E-state index is 0.0520. The summed E-state index contributed by atoms with van der Waals surface area (Å²) in [6.45, 7) is 6.82. The molecule has 3 unspecified atom stereocenters. The van der Waals surface area contributed by atoms with Gasteiger partial charge in [0.1, 0.15) is 6.04 Å². The predicted octanol–water partition coefficient (Wildman–Crippen LogP) is 3.21. The average Bonchev–Trinajstić information content (AvgIpc) is 3.45. The minimum Gasteiger partial charge on any atom is -0.376 e. The number of nitrogens with zero attached hydrogens (tertiary/aromatic N) is 2. The summed E-state index contributed by atoms with van der Waals surface area (Å²) in [5.41, 5.74) is 0.279. The number of rotatable bonds is 7. The summed E-state index contributed by atoms with van der Waals surface area (Å²) in [5.74, 6) is -0.940. The predicted molar refractivity (Wildman–Crippen MR) is 124 cm³/mol. The van der Waals surface area contributed by atoms with E-state index in [2.05, 4.69) is 10.6 Å². The van der Waals surface area contributed by atoms with Crippen LogP contribution in [0.2, 0.25) is 0 Å². The Labute approximate surface area is 207 Å². The van der Waals surface area contributed by atoms with Gasteiger partial charge in [-0.05, 0) is 43.4 Å². The molecule has 1 aromatic rings. The van der Waals surface area contributed by atoms with E-state index in [1.165, 1.54) is 21.9 Å². The number of hydrogen-bond donors (Lipinski definition) is 2. The molecule has 3 aliphatic rings. The first kappa shape index (κ1) is 26.0. The monoisotopic (exact) mass is 508 g/mol. The lowest BCUT2D eigenvalue weighted by molar-refractivity contribution is -0.138. The molecule has 2 N–H and O–H groups in total. The van der Waals surface area contributed by atoms with Gasteiger partial charge in [-0.1, -0.05) is 26.0 Å². The molecular weight excluding hydrogens is 477 g/mol. The van der Waals surface area contributed by atoms with Crippen LogP contribution in [0, 0.1) is 5.92 Å². The van der Waals surface area contributed by atoms with E-state index in [4.69, 9.17) is 4.74 Å². The summed E-state index contributed by atoms with van der Waals surface area (Å²) < 4.78 is 44.7. The minimum atomic E-state index is -4.50. The van der Waals surface area contributed by atoms with Crippen molar-refractivity contribution in [2.45, 2.75) is 58.0 Å². The molecule has 3 aliphatic heterocycles. The second-order valence-corrected chi connectivity index (χ2v) is 9.61. The van der Waals surface area contributed by atoms with Gasteiger partial charge >= 0.3 is 12.2 Å². The van der Waals surface area contributed by atoms with Gasteiger partial charge in [0.15, 0.2) is 0 Å². The van der Waals surface area contributed by atoms with Crippen molar-refractivity contribution in [3.63, 3.8) is 0 Å². The summed E-state index contributed by atoms with van der Waals surface area (Å²) in [7, 11) is 0. The van der Waals surface area contributed by atoms with Crippen molar-refractivity contribution < 1.29 is 32.3 Å². The summed E-state index contributed by atoms with van der Waals surface area (Å²) in [5, 5.41) is 5.66. The van der Waals surface area contributed by atoms with Crippen molar-refractivity contribution in [3.8, 4) is 0 Å². The lowest BCUT2D eigenvalue weighted by atomic mass is 9.94. The smallest absolute Gasteiger partial charge is 0.376 e. The number of halogens is 3. The van der Waals surface area contributed by atoms with E-state index in [0.29, 0.717) is 31.0 Å². The van der Waals surface area contributed by atoms with E-state index < -0.39 is 35.8 Å². The SMILES string of the molecule is CCN1C(=O)NC(c2ccc(C(F)(F)F)cc2)C2=C1CN(C(C(=O)NCC1CCCO1)C(C)C)C2=O. The molecule has 0 radical (unpaired) electrons. The summed E-state index contributed by atoms with van der Waals surface area (Å²) in [4.78, 5) is 42.7. The highest BCUT2D eigenvalue weighted by atomic mass is 19.4. The van der Waals surface area contributed by atoms with Crippen molar-refractivity contribution in [2.75, 3.05) is 26.2 Å². The van der Waals surface area contributed by atoms with Crippen LogP contribution in [0.1, 0.15) is 50.8 Å². The Kier molecular flexibility index (Phi) is 7.31. The number of amides is 4. The van der Waals surface area contributed by atoms with Crippen LogP contribution < -0.4 is 10.6 Å². The van der Waals surface area contributed by atoms with E-state index in [1.54, 1.807) is 6.92 Å². The molecule has 1 fully saturated rings. The highest BCUT2D eigenvalue weighted by Gasteiger charge is 2.47. The lowest BCUT2D eigenvalue weighted by Gasteiger charge is -2.33. The number of hydrogen-bond acceptors (Lipinski definition) is 4. The molecule has 4 amide bonds. The van der Waals surface area contributed by atoms with Crippen molar-refractivity contribution in [2.24, 2.45) is 5.92 Å². The molecule has 3 atom stereocenters. The van der Waals surface area contributed by atoms with Crippen LogP contribution in [-0.4, -0.2) is 66.0 Å². The molecule has 0 aromatic heterocycles. The molecule has 0 spiro atoms. The highest BCUT2D eigenvalue weighted by molar-refractivity contribution is 6.03. The first-order chi connectivity index (χ1) is 17.0. The molecule has 8 nitrogen and oxygen atoms in total. The number of urea groups is 1. The maximum atomic E-state index is 13.7. The molecule has 1 aromatic carbocycles. The molecule has 11 heteroatoms. The quantitative estimate of drug-likeness (QED) is 0.592. The molecule has 0 aliphatic carbocycles.